The molecule has 0 saturated carbocycles. The van der Waals surface area contributed by atoms with Gasteiger partial charge in [0.2, 0.25) is 0 Å². The number of para-hydroxylation sites is 1. The van der Waals surface area contributed by atoms with Gasteiger partial charge in [0.25, 0.3) is 0 Å². The molecule has 1 amide bonds. The van der Waals surface area contributed by atoms with Crippen LogP contribution in [0.2, 0.25) is 0 Å². The van der Waals surface area contributed by atoms with E-state index in [4.69, 9.17) is 9.57 Å². The van der Waals surface area contributed by atoms with Crippen LogP contribution in [-0.4, -0.2) is 38.3 Å². The molecule has 0 heterocycles. The van der Waals surface area contributed by atoms with Crippen LogP contribution in [0, 0.1) is 0 Å². The van der Waals surface area contributed by atoms with Gasteiger partial charge in [-0.1, -0.05) is 32.0 Å². The molecule has 0 atom stereocenters. The average Bonchev–Trinajstić information content (AvgIpc) is 2.46. The molecule has 0 spiro atoms. The standard InChI is InChI=1S/C14H22N2O3/c1-5-15(6-2)11-12-9-7-8-10-13(12)16(19-4)14(17)18-3/h7-10H,5-6,11H2,1-4H3. The first-order chi connectivity index (χ1) is 9.17. The Balaban J connectivity index is 3.03. The highest BCUT2D eigenvalue weighted by Crippen LogP contribution is 2.22. The van der Waals surface area contributed by atoms with Gasteiger partial charge < -0.3 is 4.74 Å². The maximum absolute atomic E-state index is 11.7. The summed E-state index contributed by atoms with van der Waals surface area (Å²) in [5.41, 5.74) is 1.74. The number of amides is 1. The number of anilines is 1. The third kappa shape index (κ3) is 3.94. The van der Waals surface area contributed by atoms with E-state index in [1.165, 1.54) is 19.3 Å². The molecule has 0 aliphatic rings. The SMILES string of the molecule is CCN(CC)Cc1ccccc1N(OC)C(=O)OC. The Morgan fingerprint density at radius 2 is 1.79 bits per heavy atom. The summed E-state index contributed by atoms with van der Waals surface area (Å²) >= 11 is 0. The van der Waals surface area contributed by atoms with Gasteiger partial charge in [0.05, 0.1) is 19.9 Å². The van der Waals surface area contributed by atoms with Crippen LogP contribution >= 0.6 is 0 Å². The van der Waals surface area contributed by atoms with E-state index < -0.39 is 6.09 Å². The Labute approximate surface area is 114 Å². The largest absolute Gasteiger partial charge is 0.451 e. The predicted octanol–water partition coefficient (Wildman–Crippen LogP) is 2.66. The number of hydrogen-bond acceptors (Lipinski definition) is 4. The van der Waals surface area contributed by atoms with Gasteiger partial charge in [-0.25, -0.2) is 4.79 Å². The number of ether oxygens (including phenoxy) is 1. The van der Waals surface area contributed by atoms with Crippen molar-refractivity contribution in [2.24, 2.45) is 0 Å². The van der Waals surface area contributed by atoms with Gasteiger partial charge in [0, 0.05) is 6.54 Å². The van der Waals surface area contributed by atoms with Crippen molar-refractivity contribution in [2.45, 2.75) is 20.4 Å². The maximum Gasteiger partial charge on any atom is 0.438 e. The summed E-state index contributed by atoms with van der Waals surface area (Å²) in [5.74, 6) is 0. The molecule has 0 fully saturated rings. The predicted molar refractivity (Wildman–Crippen MR) is 75.0 cm³/mol. The number of benzene rings is 1. The van der Waals surface area contributed by atoms with Gasteiger partial charge in [-0.2, -0.15) is 5.06 Å². The van der Waals surface area contributed by atoms with Crippen molar-refractivity contribution in [3.8, 4) is 0 Å². The lowest BCUT2D eigenvalue weighted by Crippen LogP contribution is -2.31. The number of carbonyl (C=O) groups excluding carboxylic acids is 1. The highest BCUT2D eigenvalue weighted by atomic mass is 16.7. The van der Waals surface area contributed by atoms with Crippen molar-refractivity contribution in [1.29, 1.82) is 0 Å². The molecular formula is C14H22N2O3. The molecule has 0 unspecified atom stereocenters. The minimum atomic E-state index is -0.533. The van der Waals surface area contributed by atoms with E-state index >= 15 is 0 Å². The van der Waals surface area contributed by atoms with E-state index in [9.17, 15) is 4.79 Å². The minimum absolute atomic E-state index is 0.533. The zero-order valence-corrected chi connectivity index (χ0v) is 12.0. The molecule has 0 bridgehead atoms. The molecular weight excluding hydrogens is 244 g/mol. The third-order valence-electron chi connectivity index (χ3n) is 3.02. The first-order valence-electron chi connectivity index (χ1n) is 6.40. The van der Waals surface area contributed by atoms with Crippen molar-refractivity contribution in [2.75, 3.05) is 32.4 Å². The van der Waals surface area contributed by atoms with Crippen molar-refractivity contribution < 1.29 is 14.4 Å². The number of carbonyl (C=O) groups is 1. The zero-order valence-electron chi connectivity index (χ0n) is 12.0. The van der Waals surface area contributed by atoms with Gasteiger partial charge in [0.15, 0.2) is 0 Å². The first kappa shape index (κ1) is 15.5. The fourth-order valence-corrected chi connectivity index (χ4v) is 1.88. The van der Waals surface area contributed by atoms with Crippen LogP contribution < -0.4 is 5.06 Å². The topological polar surface area (TPSA) is 42.0 Å². The van der Waals surface area contributed by atoms with Crippen molar-refractivity contribution in [1.82, 2.24) is 4.90 Å². The molecule has 0 aliphatic carbocycles. The summed E-state index contributed by atoms with van der Waals surface area (Å²) in [6, 6.07) is 7.66. The molecule has 19 heavy (non-hydrogen) atoms. The number of hydroxylamine groups is 1. The van der Waals surface area contributed by atoms with Gasteiger partial charge in [-0.05, 0) is 24.7 Å². The van der Waals surface area contributed by atoms with Crippen molar-refractivity contribution >= 4 is 11.8 Å². The highest BCUT2D eigenvalue weighted by molar-refractivity contribution is 5.86. The number of rotatable bonds is 6. The molecule has 5 nitrogen and oxygen atoms in total. The van der Waals surface area contributed by atoms with Crippen LogP contribution in [0.5, 0.6) is 0 Å². The molecule has 0 N–H and O–H groups in total. The number of nitrogens with zero attached hydrogens (tertiary/aromatic N) is 2. The van der Waals surface area contributed by atoms with E-state index in [1.807, 2.05) is 24.3 Å². The minimum Gasteiger partial charge on any atom is -0.451 e. The lowest BCUT2D eigenvalue weighted by molar-refractivity contribution is 0.115. The van der Waals surface area contributed by atoms with Crippen LogP contribution in [0.1, 0.15) is 19.4 Å². The summed E-state index contributed by atoms with van der Waals surface area (Å²) < 4.78 is 4.72. The van der Waals surface area contributed by atoms with Crippen LogP contribution in [0.15, 0.2) is 24.3 Å². The van der Waals surface area contributed by atoms with Gasteiger partial charge in [-0.15, -0.1) is 0 Å². The quantitative estimate of drug-likeness (QED) is 0.742. The second-order valence-electron chi connectivity index (χ2n) is 4.04. The second-order valence-corrected chi connectivity index (χ2v) is 4.04. The molecule has 1 aromatic carbocycles. The molecule has 0 aromatic heterocycles. The normalized spacial score (nSPS) is 10.6. The Morgan fingerprint density at radius 3 is 2.32 bits per heavy atom. The summed E-state index contributed by atoms with van der Waals surface area (Å²) in [6.07, 6.45) is -0.533. The lowest BCUT2D eigenvalue weighted by atomic mass is 10.1. The molecule has 0 aliphatic heterocycles. The lowest BCUT2D eigenvalue weighted by Gasteiger charge is -2.24. The summed E-state index contributed by atoms with van der Waals surface area (Å²) in [7, 11) is 2.78. The number of methoxy groups -OCH3 is 1. The Morgan fingerprint density at radius 1 is 1.16 bits per heavy atom. The Kier molecular flexibility index (Phi) is 6.32. The average molecular weight is 266 g/mol. The van der Waals surface area contributed by atoms with Gasteiger partial charge >= 0.3 is 6.09 Å². The molecule has 106 valence electrons. The Bertz CT molecular complexity index is 405. The van der Waals surface area contributed by atoms with Crippen LogP contribution in [-0.2, 0) is 16.1 Å². The van der Waals surface area contributed by atoms with E-state index in [0.717, 1.165) is 25.2 Å². The van der Waals surface area contributed by atoms with Crippen LogP contribution in [0.25, 0.3) is 0 Å². The van der Waals surface area contributed by atoms with Crippen molar-refractivity contribution in [3.05, 3.63) is 29.8 Å². The molecule has 1 rings (SSSR count). The van der Waals surface area contributed by atoms with E-state index in [0.29, 0.717) is 5.69 Å². The molecule has 5 heteroatoms. The van der Waals surface area contributed by atoms with Gasteiger partial charge in [-0.3, -0.25) is 9.74 Å². The summed E-state index contributed by atoms with van der Waals surface area (Å²) in [4.78, 5) is 19.1. The fourth-order valence-electron chi connectivity index (χ4n) is 1.88. The van der Waals surface area contributed by atoms with Crippen LogP contribution in [0.3, 0.4) is 0 Å². The van der Waals surface area contributed by atoms with Crippen molar-refractivity contribution in [3.63, 3.8) is 0 Å². The van der Waals surface area contributed by atoms with E-state index in [2.05, 4.69) is 18.7 Å². The fraction of sp³-hybridized carbons (Fsp3) is 0.500. The number of hydrogen-bond donors (Lipinski definition) is 0. The summed E-state index contributed by atoms with van der Waals surface area (Å²) in [5, 5.41) is 1.17. The smallest absolute Gasteiger partial charge is 0.438 e. The summed E-state index contributed by atoms with van der Waals surface area (Å²) in [6.45, 7) is 6.90. The molecule has 0 radical (unpaired) electrons. The van der Waals surface area contributed by atoms with E-state index in [-0.39, 0.29) is 0 Å². The zero-order chi connectivity index (χ0) is 14.3. The second kappa shape index (κ2) is 7.76. The highest BCUT2D eigenvalue weighted by Gasteiger charge is 2.19. The van der Waals surface area contributed by atoms with E-state index in [1.54, 1.807) is 0 Å². The van der Waals surface area contributed by atoms with Crippen LogP contribution in [0.4, 0.5) is 10.5 Å². The first-order valence-corrected chi connectivity index (χ1v) is 6.40. The van der Waals surface area contributed by atoms with Gasteiger partial charge in [0.1, 0.15) is 0 Å². The maximum atomic E-state index is 11.7. The monoisotopic (exact) mass is 266 g/mol. The molecule has 0 saturated heterocycles. The molecule has 1 aromatic rings. The third-order valence-corrected chi connectivity index (χ3v) is 3.02. The Hall–Kier alpha value is -1.59.